The molecule has 2 aromatic rings. The maximum absolute atomic E-state index is 12.0. The van der Waals surface area contributed by atoms with Crippen LogP contribution in [0.1, 0.15) is 36.1 Å². The molecule has 0 aliphatic carbocycles. The zero-order valence-corrected chi connectivity index (χ0v) is 11.6. The van der Waals surface area contributed by atoms with E-state index < -0.39 is 11.6 Å². The van der Waals surface area contributed by atoms with E-state index in [2.05, 4.69) is 15.4 Å². The molecule has 0 aliphatic heterocycles. The van der Waals surface area contributed by atoms with Crippen molar-refractivity contribution in [1.82, 2.24) is 15.4 Å². The predicted octanol–water partition coefficient (Wildman–Crippen LogP) is 2.80. The number of esters is 1. The van der Waals surface area contributed by atoms with E-state index in [1.165, 1.54) is 0 Å². The molecule has 0 fully saturated rings. The number of carbonyl (C=O) groups is 1. The molecule has 5 nitrogen and oxygen atoms in total. The Bertz CT molecular complexity index is 566. The quantitative estimate of drug-likeness (QED) is 0.848. The van der Waals surface area contributed by atoms with Crippen molar-refractivity contribution in [2.24, 2.45) is 0 Å². The van der Waals surface area contributed by atoms with Crippen LogP contribution in [0.5, 0.6) is 0 Å². The normalized spacial score (nSPS) is 11.6. The molecular weight excluding hydrogens is 250 g/mol. The smallest absolute Gasteiger partial charge is 0.361 e. The van der Waals surface area contributed by atoms with Gasteiger partial charge in [-0.3, -0.25) is 0 Å². The number of thiophene rings is 1. The van der Waals surface area contributed by atoms with Crippen LogP contribution < -0.4 is 0 Å². The van der Waals surface area contributed by atoms with Crippen molar-refractivity contribution in [1.29, 1.82) is 0 Å². The minimum Gasteiger partial charge on any atom is -0.455 e. The third-order valence-corrected chi connectivity index (χ3v) is 3.12. The van der Waals surface area contributed by atoms with E-state index in [1.807, 2.05) is 39.8 Å². The lowest BCUT2D eigenvalue weighted by Gasteiger charge is -2.18. The molecule has 0 saturated heterocycles. The topological polar surface area (TPSA) is 67.9 Å². The van der Waals surface area contributed by atoms with Gasteiger partial charge in [-0.1, -0.05) is 0 Å². The largest absolute Gasteiger partial charge is 0.455 e. The van der Waals surface area contributed by atoms with Crippen LogP contribution >= 0.6 is 11.3 Å². The molecule has 0 atom stereocenters. The van der Waals surface area contributed by atoms with Crippen LogP contribution in [0.3, 0.4) is 0 Å². The summed E-state index contributed by atoms with van der Waals surface area (Å²) < 4.78 is 5.29. The van der Waals surface area contributed by atoms with E-state index >= 15 is 0 Å². The van der Waals surface area contributed by atoms with Gasteiger partial charge in [0.2, 0.25) is 0 Å². The Balaban J connectivity index is 2.31. The van der Waals surface area contributed by atoms with Crippen LogP contribution in [-0.4, -0.2) is 27.0 Å². The van der Waals surface area contributed by atoms with Crippen LogP contribution in [0, 0.1) is 6.92 Å². The number of H-pyrrole nitrogens is 1. The van der Waals surface area contributed by atoms with E-state index in [0.29, 0.717) is 5.69 Å². The number of aromatic amines is 1. The Morgan fingerprint density at radius 1 is 1.33 bits per heavy atom. The summed E-state index contributed by atoms with van der Waals surface area (Å²) in [6.45, 7) is 7.46. The first-order valence-corrected chi connectivity index (χ1v) is 6.39. The van der Waals surface area contributed by atoms with Crippen molar-refractivity contribution < 1.29 is 9.53 Å². The summed E-state index contributed by atoms with van der Waals surface area (Å²) >= 11 is 1.56. The van der Waals surface area contributed by atoms with Crippen molar-refractivity contribution in [3.8, 4) is 10.6 Å². The first-order valence-electron chi connectivity index (χ1n) is 5.58. The lowest BCUT2D eigenvalue weighted by molar-refractivity contribution is 0.00638. The van der Waals surface area contributed by atoms with Gasteiger partial charge in [0.05, 0.1) is 4.88 Å². The van der Waals surface area contributed by atoms with Crippen molar-refractivity contribution in [2.75, 3.05) is 0 Å². The summed E-state index contributed by atoms with van der Waals surface area (Å²) in [7, 11) is 0. The highest BCUT2D eigenvalue weighted by molar-refractivity contribution is 7.15. The number of nitrogens with one attached hydrogen (secondary N) is 1. The third-order valence-electron chi connectivity index (χ3n) is 2.11. The molecule has 18 heavy (non-hydrogen) atoms. The molecule has 0 bridgehead atoms. The molecule has 2 heterocycles. The molecule has 2 aromatic heterocycles. The van der Waals surface area contributed by atoms with Gasteiger partial charge in [0.1, 0.15) is 11.3 Å². The van der Waals surface area contributed by atoms with Crippen molar-refractivity contribution in [3.05, 3.63) is 22.7 Å². The number of hydrogen-bond acceptors (Lipinski definition) is 5. The molecule has 0 aromatic carbocycles. The van der Waals surface area contributed by atoms with Gasteiger partial charge >= 0.3 is 5.97 Å². The fraction of sp³-hybridized carbons (Fsp3) is 0.417. The average Bonchev–Trinajstić information content (AvgIpc) is 2.81. The fourth-order valence-electron chi connectivity index (χ4n) is 1.43. The third kappa shape index (κ3) is 2.76. The Morgan fingerprint density at radius 2 is 2.06 bits per heavy atom. The molecule has 96 valence electrons. The summed E-state index contributed by atoms with van der Waals surface area (Å²) in [5.74, 6) is -0.461. The van der Waals surface area contributed by atoms with Gasteiger partial charge in [0, 0.05) is 4.88 Å². The number of aromatic nitrogens is 3. The molecule has 0 saturated carbocycles. The van der Waals surface area contributed by atoms with E-state index in [0.717, 1.165) is 9.75 Å². The highest BCUT2D eigenvalue weighted by Crippen LogP contribution is 2.28. The molecule has 6 heteroatoms. The minimum atomic E-state index is -0.543. The minimum absolute atomic E-state index is 0.228. The maximum atomic E-state index is 12.0. The summed E-state index contributed by atoms with van der Waals surface area (Å²) in [6, 6.07) is 3.90. The van der Waals surface area contributed by atoms with Gasteiger partial charge in [-0.2, -0.15) is 10.3 Å². The standard InChI is InChI=1S/C12H15N3O2S/c1-7-5-6-8(18-7)9-10(14-15-13-9)11(16)17-12(2,3)4/h5-6H,1-4H3,(H,13,14,15). The van der Waals surface area contributed by atoms with Gasteiger partial charge in [-0.25, -0.2) is 4.79 Å². The first-order chi connectivity index (χ1) is 8.37. The van der Waals surface area contributed by atoms with Gasteiger partial charge < -0.3 is 4.74 Å². The molecule has 1 N–H and O–H groups in total. The number of aryl methyl sites for hydroxylation is 1. The number of carbonyl (C=O) groups excluding carboxylic acids is 1. The van der Waals surface area contributed by atoms with E-state index in [9.17, 15) is 4.79 Å². The molecule has 0 unspecified atom stereocenters. The zero-order valence-electron chi connectivity index (χ0n) is 10.8. The molecular formula is C12H15N3O2S. The van der Waals surface area contributed by atoms with Crippen LogP contribution in [0.25, 0.3) is 10.6 Å². The van der Waals surface area contributed by atoms with Gasteiger partial charge in [0.15, 0.2) is 5.69 Å². The lowest BCUT2D eigenvalue weighted by atomic mass is 10.2. The summed E-state index contributed by atoms with van der Waals surface area (Å²) in [6.07, 6.45) is 0. The average molecular weight is 265 g/mol. The highest BCUT2D eigenvalue weighted by atomic mass is 32.1. The molecule has 0 radical (unpaired) electrons. The Labute approximate surface area is 109 Å². The SMILES string of the molecule is Cc1ccc(-c2n[nH]nc2C(=O)OC(C)(C)C)s1. The predicted molar refractivity (Wildman–Crippen MR) is 69.6 cm³/mol. The van der Waals surface area contributed by atoms with Crippen LogP contribution in [0.2, 0.25) is 0 Å². The number of ether oxygens (including phenoxy) is 1. The van der Waals surface area contributed by atoms with Crippen molar-refractivity contribution in [3.63, 3.8) is 0 Å². The van der Waals surface area contributed by atoms with Crippen molar-refractivity contribution >= 4 is 17.3 Å². The van der Waals surface area contributed by atoms with E-state index in [-0.39, 0.29) is 5.69 Å². The van der Waals surface area contributed by atoms with Crippen molar-refractivity contribution in [2.45, 2.75) is 33.3 Å². The highest BCUT2D eigenvalue weighted by Gasteiger charge is 2.24. The van der Waals surface area contributed by atoms with Crippen LogP contribution in [-0.2, 0) is 4.74 Å². The summed E-state index contributed by atoms with van der Waals surface area (Å²) in [5.41, 5.74) is 0.229. The van der Waals surface area contributed by atoms with E-state index in [4.69, 9.17) is 4.74 Å². The monoisotopic (exact) mass is 265 g/mol. The number of nitrogens with zero attached hydrogens (tertiary/aromatic N) is 2. The number of hydrogen-bond donors (Lipinski definition) is 1. The summed E-state index contributed by atoms with van der Waals surface area (Å²) in [5, 5.41) is 10.4. The first kappa shape index (κ1) is 12.8. The molecule has 0 aliphatic rings. The Morgan fingerprint density at radius 3 is 2.61 bits per heavy atom. The molecule has 0 spiro atoms. The second-order valence-electron chi connectivity index (χ2n) is 4.93. The van der Waals surface area contributed by atoms with Gasteiger partial charge in [-0.05, 0) is 39.8 Å². The zero-order chi connectivity index (χ0) is 13.3. The van der Waals surface area contributed by atoms with Crippen LogP contribution in [0.4, 0.5) is 0 Å². The van der Waals surface area contributed by atoms with E-state index in [1.54, 1.807) is 11.3 Å². The number of rotatable bonds is 2. The molecule has 2 rings (SSSR count). The molecule has 0 amide bonds. The Hall–Kier alpha value is -1.69. The van der Waals surface area contributed by atoms with Crippen LogP contribution in [0.15, 0.2) is 12.1 Å². The second kappa shape index (κ2) is 4.53. The maximum Gasteiger partial charge on any atom is 0.361 e. The summed E-state index contributed by atoms with van der Waals surface area (Å²) in [4.78, 5) is 14.0. The fourth-order valence-corrected chi connectivity index (χ4v) is 2.29. The van der Waals surface area contributed by atoms with Gasteiger partial charge in [0.25, 0.3) is 0 Å². The lowest BCUT2D eigenvalue weighted by Crippen LogP contribution is -2.24. The second-order valence-corrected chi connectivity index (χ2v) is 6.22. The Kier molecular flexibility index (Phi) is 3.21. The van der Waals surface area contributed by atoms with Gasteiger partial charge in [-0.15, -0.1) is 16.4 Å².